The molecule has 0 amide bonds. The summed E-state index contributed by atoms with van der Waals surface area (Å²) in [7, 11) is 0. The van der Waals surface area contributed by atoms with Crippen molar-refractivity contribution in [3.63, 3.8) is 0 Å². The molecule has 0 fully saturated rings. The maximum absolute atomic E-state index is 11.0. The van der Waals surface area contributed by atoms with Crippen LogP contribution in [0, 0.1) is 20.2 Å². The number of benzene rings is 2. The van der Waals surface area contributed by atoms with Crippen LogP contribution in [0.25, 0.3) is 0 Å². The van der Waals surface area contributed by atoms with Gasteiger partial charge < -0.3 is 10.4 Å². The maximum Gasteiger partial charge on any atom is 0.299 e. The first-order valence-electron chi connectivity index (χ1n) is 5.91. The molecule has 0 unspecified atom stereocenters. The quantitative estimate of drug-likeness (QED) is 0.645. The fraction of sp³-hybridized carbons (Fsp3) is 0.0769. The number of non-ortho nitro benzene ring substituents is 1. The highest BCUT2D eigenvalue weighted by Gasteiger charge is 2.19. The first-order valence-corrected chi connectivity index (χ1v) is 5.91. The van der Waals surface area contributed by atoms with Crippen LogP contribution in [-0.4, -0.2) is 15.0 Å². The van der Waals surface area contributed by atoms with Gasteiger partial charge in [-0.15, -0.1) is 0 Å². The first kappa shape index (κ1) is 14.4. The lowest BCUT2D eigenvalue weighted by Crippen LogP contribution is -1.99. The Morgan fingerprint density at radius 2 is 1.67 bits per heavy atom. The standard InChI is InChI=1S/C13H11N3O5/c17-8-9-1-3-10(4-2-9)14-12-6-5-11(15(18)19)7-13(12)16(20)21/h1-7,14,17H,8H2. The number of rotatable bonds is 5. The van der Waals surface area contributed by atoms with Crippen LogP contribution in [0.4, 0.5) is 22.7 Å². The van der Waals surface area contributed by atoms with Crippen molar-refractivity contribution in [3.8, 4) is 0 Å². The number of nitro benzene ring substituents is 2. The summed E-state index contributed by atoms with van der Waals surface area (Å²) in [4.78, 5) is 20.3. The highest BCUT2D eigenvalue weighted by molar-refractivity contribution is 5.71. The van der Waals surface area contributed by atoms with Crippen molar-refractivity contribution in [3.05, 3.63) is 68.3 Å². The minimum atomic E-state index is -0.688. The van der Waals surface area contributed by atoms with E-state index in [-0.39, 0.29) is 23.7 Å². The third kappa shape index (κ3) is 3.31. The van der Waals surface area contributed by atoms with Gasteiger partial charge in [-0.1, -0.05) is 12.1 Å². The molecule has 8 heteroatoms. The molecule has 0 bridgehead atoms. The molecule has 0 aliphatic rings. The molecule has 0 saturated heterocycles. The molecule has 2 aromatic rings. The van der Waals surface area contributed by atoms with E-state index in [2.05, 4.69) is 5.32 Å². The second-order valence-electron chi connectivity index (χ2n) is 4.20. The molecule has 2 aromatic carbocycles. The number of nitrogens with zero attached hydrogens (tertiary/aromatic N) is 2. The Hall–Kier alpha value is -3.00. The summed E-state index contributed by atoms with van der Waals surface area (Å²) >= 11 is 0. The molecule has 2 N–H and O–H groups in total. The van der Waals surface area contributed by atoms with Crippen molar-refractivity contribution in [2.24, 2.45) is 0 Å². The third-order valence-electron chi connectivity index (χ3n) is 2.80. The van der Waals surface area contributed by atoms with Crippen molar-refractivity contribution < 1.29 is 15.0 Å². The normalized spacial score (nSPS) is 10.1. The van der Waals surface area contributed by atoms with Gasteiger partial charge in [0.1, 0.15) is 5.69 Å². The number of nitro groups is 2. The molecular weight excluding hydrogens is 278 g/mol. The van der Waals surface area contributed by atoms with Crippen molar-refractivity contribution in [2.45, 2.75) is 6.61 Å². The van der Waals surface area contributed by atoms with Gasteiger partial charge in [0.15, 0.2) is 0 Å². The van der Waals surface area contributed by atoms with Gasteiger partial charge in [0.05, 0.1) is 22.5 Å². The average Bonchev–Trinajstić information content (AvgIpc) is 2.48. The summed E-state index contributed by atoms with van der Waals surface area (Å²) in [6.45, 7) is -0.0992. The summed E-state index contributed by atoms with van der Waals surface area (Å²) in [5, 5.41) is 33.4. The Morgan fingerprint density at radius 1 is 1.00 bits per heavy atom. The highest BCUT2D eigenvalue weighted by atomic mass is 16.6. The summed E-state index contributed by atoms with van der Waals surface area (Å²) in [6.07, 6.45) is 0. The van der Waals surface area contributed by atoms with Crippen molar-refractivity contribution in [2.75, 3.05) is 5.32 Å². The Kier molecular flexibility index (Phi) is 4.10. The Balaban J connectivity index is 2.34. The van der Waals surface area contributed by atoms with E-state index in [1.165, 1.54) is 12.1 Å². The van der Waals surface area contributed by atoms with Gasteiger partial charge in [-0.2, -0.15) is 0 Å². The van der Waals surface area contributed by atoms with E-state index in [1.807, 2.05) is 0 Å². The summed E-state index contributed by atoms with van der Waals surface area (Å²) in [5.41, 5.74) is 0.712. The van der Waals surface area contributed by atoms with Crippen molar-refractivity contribution >= 4 is 22.7 Å². The molecule has 8 nitrogen and oxygen atoms in total. The van der Waals surface area contributed by atoms with Crippen LogP contribution in [0.3, 0.4) is 0 Å². The van der Waals surface area contributed by atoms with Gasteiger partial charge in [-0.05, 0) is 23.8 Å². The summed E-state index contributed by atoms with van der Waals surface area (Å²) in [6, 6.07) is 10.0. The minimum Gasteiger partial charge on any atom is -0.392 e. The van der Waals surface area contributed by atoms with E-state index >= 15 is 0 Å². The molecule has 0 aliphatic heterocycles. The third-order valence-corrected chi connectivity index (χ3v) is 2.80. The number of hydrogen-bond donors (Lipinski definition) is 2. The van der Waals surface area contributed by atoms with E-state index in [0.29, 0.717) is 11.3 Å². The predicted octanol–water partition coefficient (Wildman–Crippen LogP) is 2.74. The molecule has 0 aromatic heterocycles. The molecule has 2 rings (SSSR count). The lowest BCUT2D eigenvalue weighted by atomic mass is 10.2. The second-order valence-corrected chi connectivity index (χ2v) is 4.20. The number of hydrogen-bond acceptors (Lipinski definition) is 6. The molecular formula is C13H11N3O5. The highest BCUT2D eigenvalue weighted by Crippen LogP contribution is 2.31. The van der Waals surface area contributed by atoms with Gasteiger partial charge in [-0.3, -0.25) is 20.2 Å². The molecule has 0 aliphatic carbocycles. The smallest absolute Gasteiger partial charge is 0.299 e. The lowest BCUT2D eigenvalue weighted by Gasteiger charge is -2.07. The molecule has 0 heterocycles. The minimum absolute atomic E-state index is 0.0992. The molecule has 0 spiro atoms. The summed E-state index contributed by atoms with van der Waals surface area (Å²) in [5.74, 6) is 0. The van der Waals surface area contributed by atoms with Gasteiger partial charge in [-0.25, -0.2) is 0 Å². The van der Waals surface area contributed by atoms with E-state index in [9.17, 15) is 20.2 Å². The van der Waals surface area contributed by atoms with E-state index in [1.54, 1.807) is 24.3 Å². The molecule has 0 radical (unpaired) electrons. The van der Waals surface area contributed by atoms with Crippen LogP contribution in [0.1, 0.15) is 5.56 Å². The number of nitrogens with one attached hydrogen (secondary N) is 1. The monoisotopic (exact) mass is 289 g/mol. The van der Waals surface area contributed by atoms with Gasteiger partial charge in [0, 0.05) is 11.8 Å². The number of aliphatic hydroxyl groups is 1. The topological polar surface area (TPSA) is 119 Å². The molecule has 0 atom stereocenters. The predicted molar refractivity (Wildman–Crippen MR) is 75.4 cm³/mol. The average molecular weight is 289 g/mol. The van der Waals surface area contributed by atoms with Crippen LogP contribution in [0.2, 0.25) is 0 Å². The zero-order chi connectivity index (χ0) is 15.4. The van der Waals surface area contributed by atoms with Crippen molar-refractivity contribution in [1.29, 1.82) is 0 Å². The van der Waals surface area contributed by atoms with E-state index < -0.39 is 9.85 Å². The van der Waals surface area contributed by atoms with Crippen LogP contribution in [-0.2, 0) is 6.61 Å². The van der Waals surface area contributed by atoms with Gasteiger partial charge in [0.2, 0.25) is 0 Å². The van der Waals surface area contributed by atoms with Gasteiger partial charge in [0.25, 0.3) is 11.4 Å². The van der Waals surface area contributed by atoms with Crippen LogP contribution < -0.4 is 5.32 Å². The zero-order valence-electron chi connectivity index (χ0n) is 10.7. The number of aliphatic hydroxyl groups excluding tert-OH is 1. The van der Waals surface area contributed by atoms with Gasteiger partial charge >= 0.3 is 0 Å². The number of anilines is 2. The SMILES string of the molecule is O=[N+]([O-])c1ccc(Nc2ccc(CO)cc2)c([N+](=O)[O-])c1. The fourth-order valence-corrected chi connectivity index (χ4v) is 1.74. The molecule has 0 saturated carbocycles. The van der Waals surface area contributed by atoms with Crippen molar-refractivity contribution in [1.82, 2.24) is 0 Å². The molecule has 21 heavy (non-hydrogen) atoms. The van der Waals surface area contributed by atoms with Crippen LogP contribution >= 0.6 is 0 Å². The Labute approximate surface area is 119 Å². The Morgan fingerprint density at radius 3 is 2.19 bits per heavy atom. The lowest BCUT2D eigenvalue weighted by molar-refractivity contribution is -0.393. The Bertz CT molecular complexity index is 685. The van der Waals surface area contributed by atoms with Crippen LogP contribution in [0.15, 0.2) is 42.5 Å². The summed E-state index contributed by atoms with van der Waals surface area (Å²) < 4.78 is 0. The van der Waals surface area contributed by atoms with Crippen LogP contribution in [0.5, 0.6) is 0 Å². The fourth-order valence-electron chi connectivity index (χ4n) is 1.74. The largest absolute Gasteiger partial charge is 0.392 e. The second kappa shape index (κ2) is 5.97. The molecule has 108 valence electrons. The van der Waals surface area contributed by atoms with E-state index in [4.69, 9.17) is 5.11 Å². The maximum atomic E-state index is 11.0. The first-order chi connectivity index (χ1) is 10.0. The van der Waals surface area contributed by atoms with E-state index in [0.717, 1.165) is 6.07 Å². The zero-order valence-corrected chi connectivity index (χ0v) is 10.7.